The Morgan fingerprint density at radius 1 is 1.04 bits per heavy atom. The predicted molar refractivity (Wildman–Crippen MR) is 106 cm³/mol. The molecular formula is C19H21ClN4O3. The second-order valence-electron chi connectivity index (χ2n) is 6.21. The van der Waals surface area contributed by atoms with E-state index in [9.17, 15) is 9.59 Å². The van der Waals surface area contributed by atoms with E-state index in [0.717, 1.165) is 13.1 Å². The van der Waals surface area contributed by atoms with Gasteiger partial charge in [0.25, 0.3) is 5.91 Å². The van der Waals surface area contributed by atoms with Crippen LogP contribution in [0.3, 0.4) is 0 Å². The lowest BCUT2D eigenvalue weighted by atomic mass is 10.2. The second kappa shape index (κ2) is 8.85. The Hall–Kier alpha value is -2.61. The molecule has 7 nitrogen and oxygen atoms in total. The maximum absolute atomic E-state index is 12.3. The minimum absolute atomic E-state index is 0.0812. The van der Waals surface area contributed by atoms with Gasteiger partial charge in [-0.15, -0.1) is 0 Å². The van der Waals surface area contributed by atoms with Crippen LogP contribution >= 0.6 is 11.6 Å². The van der Waals surface area contributed by atoms with E-state index in [1.807, 2.05) is 4.90 Å². The molecule has 0 spiro atoms. The van der Waals surface area contributed by atoms with Gasteiger partial charge in [0.2, 0.25) is 5.91 Å². The number of ether oxygens (including phenoxy) is 1. The minimum Gasteiger partial charge on any atom is -0.399 e. The van der Waals surface area contributed by atoms with Gasteiger partial charge in [-0.2, -0.15) is 0 Å². The van der Waals surface area contributed by atoms with E-state index < -0.39 is 0 Å². The molecule has 2 amide bonds. The van der Waals surface area contributed by atoms with Crippen LogP contribution < -0.4 is 16.4 Å². The van der Waals surface area contributed by atoms with Crippen molar-refractivity contribution in [2.24, 2.45) is 0 Å². The molecule has 142 valence electrons. The summed E-state index contributed by atoms with van der Waals surface area (Å²) >= 11 is 6.05. The number of carbonyl (C=O) groups is 2. The van der Waals surface area contributed by atoms with Crippen LogP contribution in [0, 0.1) is 0 Å². The number of nitrogens with one attached hydrogen (secondary N) is 2. The SMILES string of the molecule is Nc1ccc(C(=O)Nc2ccc(NC(=O)CN3CCOCC3)cc2)c(Cl)c1. The lowest BCUT2D eigenvalue weighted by Gasteiger charge is -2.25. The van der Waals surface area contributed by atoms with E-state index in [4.69, 9.17) is 22.1 Å². The molecule has 1 aliphatic heterocycles. The van der Waals surface area contributed by atoms with Gasteiger partial charge < -0.3 is 21.1 Å². The number of nitrogens with two attached hydrogens (primary N) is 1. The van der Waals surface area contributed by atoms with Gasteiger partial charge in [-0.05, 0) is 42.5 Å². The summed E-state index contributed by atoms with van der Waals surface area (Å²) in [5, 5.41) is 5.90. The number of nitrogen functional groups attached to an aromatic ring is 1. The first-order valence-electron chi connectivity index (χ1n) is 8.57. The van der Waals surface area contributed by atoms with Crippen molar-refractivity contribution < 1.29 is 14.3 Å². The zero-order valence-corrected chi connectivity index (χ0v) is 15.5. The Kier molecular flexibility index (Phi) is 6.28. The molecule has 4 N–H and O–H groups in total. The van der Waals surface area contributed by atoms with Gasteiger partial charge in [-0.25, -0.2) is 0 Å². The number of morpholine rings is 1. The number of halogens is 1. The summed E-state index contributed by atoms with van der Waals surface area (Å²) in [7, 11) is 0. The van der Waals surface area contributed by atoms with E-state index in [-0.39, 0.29) is 11.8 Å². The number of hydrogen-bond acceptors (Lipinski definition) is 5. The highest BCUT2D eigenvalue weighted by atomic mass is 35.5. The largest absolute Gasteiger partial charge is 0.399 e. The van der Waals surface area contributed by atoms with Crippen LogP contribution in [0.4, 0.5) is 17.1 Å². The fraction of sp³-hybridized carbons (Fsp3) is 0.263. The summed E-state index contributed by atoms with van der Waals surface area (Å²) in [5.74, 6) is -0.411. The van der Waals surface area contributed by atoms with Gasteiger partial charge in [0.05, 0.1) is 30.3 Å². The molecule has 2 aromatic carbocycles. The number of nitrogens with zero attached hydrogens (tertiary/aromatic N) is 1. The molecular weight excluding hydrogens is 368 g/mol. The molecule has 0 aromatic heterocycles. The molecule has 0 saturated carbocycles. The monoisotopic (exact) mass is 388 g/mol. The quantitative estimate of drug-likeness (QED) is 0.683. The number of benzene rings is 2. The number of carbonyl (C=O) groups excluding carboxylic acids is 2. The number of hydrogen-bond donors (Lipinski definition) is 3. The Morgan fingerprint density at radius 3 is 2.30 bits per heavy atom. The third-order valence-electron chi connectivity index (χ3n) is 4.14. The Balaban J connectivity index is 1.55. The van der Waals surface area contributed by atoms with Crippen molar-refractivity contribution in [3.8, 4) is 0 Å². The van der Waals surface area contributed by atoms with Gasteiger partial charge in [-0.1, -0.05) is 11.6 Å². The van der Waals surface area contributed by atoms with Crippen LogP contribution in [-0.4, -0.2) is 49.6 Å². The molecule has 1 aliphatic rings. The summed E-state index contributed by atoms with van der Waals surface area (Å²) in [5.41, 5.74) is 7.73. The molecule has 8 heteroatoms. The highest BCUT2D eigenvalue weighted by Crippen LogP contribution is 2.21. The normalized spacial score (nSPS) is 14.6. The number of amides is 2. The van der Waals surface area contributed by atoms with Crippen LogP contribution in [0.5, 0.6) is 0 Å². The summed E-state index contributed by atoms with van der Waals surface area (Å²) in [6.45, 7) is 3.15. The molecule has 1 saturated heterocycles. The lowest BCUT2D eigenvalue weighted by molar-refractivity contribution is -0.118. The first-order chi connectivity index (χ1) is 13.0. The van der Waals surface area contributed by atoms with E-state index in [1.54, 1.807) is 36.4 Å². The van der Waals surface area contributed by atoms with Crippen molar-refractivity contribution in [2.45, 2.75) is 0 Å². The Labute approximate surface area is 162 Å². The highest BCUT2D eigenvalue weighted by molar-refractivity contribution is 6.34. The van der Waals surface area contributed by atoms with Crippen molar-refractivity contribution in [3.63, 3.8) is 0 Å². The van der Waals surface area contributed by atoms with Crippen molar-refractivity contribution in [3.05, 3.63) is 53.1 Å². The first kappa shape index (κ1) is 19.2. The molecule has 0 aliphatic carbocycles. The van der Waals surface area contributed by atoms with Gasteiger partial charge in [0, 0.05) is 30.2 Å². The van der Waals surface area contributed by atoms with Gasteiger partial charge in [-0.3, -0.25) is 14.5 Å². The maximum atomic E-state index is 12.3. The smallest absolute Gasteiger partial charge is 0.257 e. The Morgan fingerprint density at radius 2 is 1.67 bits per heavy atom. The van der Waals surface area contributed by atoms with E-state index >= 15 is 0 Å². The predicted octanol–water partition coefficient (Wildman–Crippen LogP) is 2.45. The van der Waals surface area contributed by atoms with Crippen LogP contribution in [0.2, 0.25) is 5.02 Å². The van der Waals surface area contributed by atoms with Gasteiger partial charge in [0.1, 0.15) is 0 Å². The molecule has 1 heterocycles. The molecule has 1 fully saturated rings. The van der Waals surface area contributed by atoms with E-state index in [0.29, 0.717) is 47.4 Å². The number of anilines is 3. The van der Waals surface area contributed by atoms with Crippen LogP contribution in [0.25, 0.3) is 0 Å². The standard InChI is InChI=1S/C19H21ClN4O3/c20-17-11-13(21)1-6-16(17)19(26)23-15-4-2-14(3-5-15)22-18(25)12-24-7-9-27-10-8-24/h1-6,11H,7-10,12,21H2,(H,22,25)(H,23,26). The van der Waals surface area contributed by atoms with Crippen molar-refractivity contribution in [1.82, 2.24) is 4.90 Å². The highest BCUT2D eigenvalue weighted by Gasteiger charge is 2.14. The number of rotatable bonds is 5. The van der Waals surface area contributed by atoms with Gasteiger partial charge >= 0.3 is 0 Å². The second-order valence-corrected chi connectivity index (χ2v) is 6.61. The fourth-order valence-corrected chi connectivity index (χ4v) is 2.99. The van der Waals surface area contributed by atoms with Crippen molar-refractivity contribution in [1.29, 1.82) is 0 Å². The first-order valence-corrected chi connectivity index (χ1v) is 8.95. The van der Waals surface area contributed by atoms with E-state index in [2.05, 4.69) is 10.6 Å². The van der Waals surface area contributed by atoms with Crippen molar-refractivity contribution in [2.75, 3.05) is 49.2 Å². The van der Waals surface area contributed by atoms with Crippen molar-refractivity contribution >= 4 is 40.5 Å². The molecule has 0 bridgehead atoms. The Bertz CT molecular complexity index is 820. The molecule has 0 atom stereocenters. The summed E-state index contributed by atoms with van der Waals surface area (Å²) in [6, 6.07) is 11.6. The third kappa shape index (κ3) is 5.43. The average Bonchev–Trinajstić information content (AvgIpc) is 2.64. The average molecular weight is 389 g/mol. The summed E-state index contributed by atoms with van der Waals surface area (Å²) in [6.07, 6.45) is 0. The molecule has 0 radical (unpaired) electrons. The summed E-state index contributed by atoms with van der Waals surface area (Å²) in [4.78, 5) is 26.5. The third-order valence-corrected chi connectivity index (χ3v) is 4.45. The zero-order valence-electron chi connectivity index (χ0n) is 14.7. The molecule has 3 rings (SSSR count). The lowest BCUT2D eigenvalue weighted by Crippen LogP contribution is -2.41. The maximum Gasteiger partial charge on any atom is 0.257 e. The topological polar surface area (TPSA) is 96.7 Å². The molecule has 27 heavy (non-hydrogen) atoms. The zero-order chi connectivity index (χ0) is 19.2. The van der Waals surface area contributed by atoms with Crippen LogP contribution in [-0.2, 0) is 9.53 Å². The minimum atomic E-state index is -0.330. The van der Waals surface area contributed by atoms with Crippen LogP contribution in [0.15, 0.2) is 42.5 Å². The van der Waals surface area contributed by atoms with Gasteiger partial charge in [0.15, 0.2) is 0 Å². The molecule has 2 aromatic rings. The van der Waals surface area contributed by atoms with Crippen LogP contribution in [0.1, 0.15) is 10.4 Å². The van der Waals surface area contributed by atoms with E-state index in [1.165, 1.54) is 6.07 Å². The summed E-state index contributed by atoms with van der Waals surface area (Å²) < 4.78 is 5.27. The molecule has 0 unspecified atom stereocenters. The fourth-order valence-electron chi connectivity index (χ4n) is 2.71.